The van der Waals surface area contributed by atoms with Crippen LogP contribution in [0.5, 0.6) is 5.75 Å². The first-order valence-electron chi connectivity index (χ1n) is 12.2. The van der Waals surface area contributed by atoms with Gasteiger partial charge in [0.2, 0.25) is 0 Å². The van der Waals surface area contributed by atoms with Gasteiger partial charge in [-0.05, 0) is 48.7 Å². The third-order valence-corrected chi connectivity index (χ3v) is 6.53. The van der Waals surface area contributed by atoms with E-state index in [1.807, 2.05) is 66.0 Å². The lowest BCUT2D eigenvalue weighted by molar-refractivity contribution is -0.118. The van der Waals surface area contributed by atoms with Gasteiger partial charge in [0.25, 0.3) is 11.8 Å². The van der Waals surface area contributed by atoms with Crippen molar-refractivity contribution in [1.29, 1.82) is 0 Å². The lowest BCUT2D eigenvalue weighted by Gasteiger charge is -2.10. The number of esters is 1. The number of nitrogens with one attached hydrogen (secondary N) is 2. The van der Waals surface area contributed by atoms with Gasteiger partial charge < -0.3 is 20.1 Å². The monoisotopic (exact) mass is 528 g/mol. The predicted octanol–water partition coefficient (Wildman–Crippen LogP) is 5.58. The number of ether oxygens (including phenoxy) is 2. The van der Waals surface area contributed by atoms with E-state index in [2.05, 4.69) is 10.6 Å². The standard InChI is InChI=1S/C30H28N2O5S/c1-2-36-30(35)27-25(22-11-7-4-8-12-22)20-38-29(27)32-26(33)19-37-24-15-13-23(14-16-24)28(34)31-18-17-21-9-5-3-6-10-21/h3-16,20H,2,17-19H2,1H3,(H,31,34)(H,32,33). The molecule has 0 saturated heterocycles. The molecule has 0 saturated carbocycles. The van der Waals surface area contributed by atoms with E-state index in [1.54, 1.807) is 31.2 Å². The molecule has 4 aromatic rings. The molecule has 2 N–H and O–H groups in total. The molecule has 0 atom stereocenters. The van der Waals surface area contributed by atoms with Gasteiger partial charge in [0.05, 0.1) is 6.61 Å². The molecule has 8 heteroatoms. The van der Waals surface area contributed by atoms with Crippen molar-refractivity contribution in [2.45, 2.75) is 13.3 Å². The molecule has 1 heterocycles. The molecule has 3 aromatic carbocycles. The number of carbonyl (C=O) groups is 3. The maximum absolute atomic E-state index is 12.7. The predicted molar refractivity (Wildman–Crippen MR) is 149 cm³/mol. The number of hydrogen-bond acceptors (Lipinski definition) is 6. The van der Waals surface area contributed by atoms with Crippen LogP contribution in [-0.4, -0.2) is 37.5 Å². The van der Waals surface area contributed by atoms with Gasteiger partial charge in [0, 0.05) is 23.1 Å². The van der Waals surface area contributed by atoms with Crippen LogP contribution in [0, 0.1) is 0 Å². The lowest BCUT2D eigenvalue weighted by Crippen LogP contribution is -2.25. The second-order valence-corrected chi connectivity index (χ2v) is 9.17. The summed E-state index contributed by atoms with van der Waals surface area (Å²) in [5.41, 5.74) is 3.53. The average molecular weight is 529 g/mol. The van der Waals surface area contributed by atoms with Gasteiger partial charge in [-0.2, -0.15) is 0 Å². The molecule has 4 rings (SSSR count). The molecule has 38 heavy (non-hydrogen) atoms. The van der Waals surface area contributed by atoms with E-state index in [4.69, 9.17) is 9.47 Å². The van der Waals surface area contributed by atoms with Crippen LogP contribution in [0.15, 0.2) is 90.3 Å². The molecule has 0 radical (unpaired) electrons. The van der Waals surface area contributed by atoms with Crippen LogP contribution in [0.2, 0.25) is 0 Å². The molecule has 0 unspecified atom stereocenters. The Hall–Kier alpha value is -4.43. The zero-order valence-electron chi connectivity index (χ0n) is 20.9. The number of rotatable bonds is 11. The summed E-state index contributed by atoms with van der Waals surface area (Å²) in [5, 5.41) is 7.89. The zero-order chi connectivity index (χ0) is 26.7. The van der Waals surface area contributed by atoms with Crippen LogP contribution in [0.3, 0.4) is 0 Å². The van der Waals surface area contributed by atoms with Crippen LogP contribution in [-0.2, 0) is 16.0 Å². The summed E-state index contributed by atoms with van der Waals surface area (Å²) in [5.74, 6) is -0.646. The summed E-state index contributed by atoms with van der Waals surface area (Å²) >= 11 is 1.25. The number of benzene rings is 3. The van der Waals surface area contributed by atoms with Crippen molar-refractivity contribution in [1.82, 2.24) is 5.32 Å². The smallest absolute Gasteiger partial charge is 0.341 e. The Morgan fingerprint density at radius 1 is 0.868 bits per heavy atom. The van der Waals surface area contributed by atoms with Gasteiger partial charge in [-0.3, -0.25) is 9.59 Å². The highest BCUT2D eigenvalue weighted by molar-refractivity contribution is 7.15. The third kappa shape index (κ3) is 7.08. The van der Waals surface area contributed by atoms with E-state index in [-0.39, 0.29) is 19.1 Å². The quantitative estimate of drug-likeness (QED) is 0.248. The highest BCUT2D eigenvalue weighted by Crippen LogP contribution is 2.36. The Morgan fingerprint density at radius 3 is 2.24 bits per heavy atom. The van der Waals surface area contributed by atoms with Gasteiger partial charge in [-0.25, -0.2) is 4.79 Å². The Balaban J connectivity index is 1.32. The Labute approximate surface area is 225 Å². The number of anilines is 1. The third-order valence-electron chi connectivity index (χ3n) is 5.64. The fraction of sp³-hybridized carbons (Fsp3) is 0.167. The van der Waals surface area contributed by atoms with Gasteiger partial charge in [0.1, 0.15) is 16.3 Å². The topological polar surface area (TPSA) is 93.7 Å². The maximum atomic E-state index is 12.7. The molecule has 2 amide bonds. The second-order valence-electron chi connectivity index (χ2n) is 8.29. The van der Waals surface area contributed by atoms with E-state index in [9.17, 15) is 14.4 Å². The van der Waals surface area contributed by atoms with Crippen molar-refractivity contribution >= 4 is 34.1 Å². The van der Waals surface area contributed by atoms with Crippen LogP contribution < -0.4 is 15.4 Å². The van der Waals surface area contributed by atoms with Gasteiger partial charge in [-0.1, -0.05) is 60.7 Å². The molecule has 194 valence electrons. The molecule has 0 aliphatic rings. The Morgan fingerprint density at radius 2 is 1.55 bits per heavy atom. The molecule has 0 aliphatic heterocycles. The fourth-order valence-corrected chi connectivity index (χ4v) is 4.74. The Kier molecular flexibility index (Phi) is 9.26. The molecule has 0 bridgehead atoms. The molecular formula is C30H28N2O5S. The van der Waals surface area contributed by atoms with Crippen molar-refractivity contribution < 1.29 is 23.9 Å². The first kappa shape index (κ1) is 26.6. The normalized spacial score (nSPS) is 10.4. The molecule has 1 aromatic heterocycles. The van der Waals surface area contributed by atoms with Crippen molar-refractivity contribution in [3.8, 4) is 16.9 Å². The number of amides is 2. The first-order chi connectivity index (χ1) is 18.5. The average Bonchev–Trinajstić information content (AvgIpc) is 3.37. The summed E-state index contributed by atoms with van der Waals surface area (Å²) in [6.07, 6.45) is 0.748. The maximum Gasteiger partial charge on any atom is 0.341 e. The van der Waals surface area contributed by atoms with Gasteiger partial charge in [0.15, 0.2) is 6.61 Å². The molecular weight excluding hydrogens is 500 g/mol. The number of thiophene rings is 1. The van der Waals surface area contributed by atoms with Crippen molar-refractivity contribution in [2.24, 2.45) is 0 Å². The Bertz CT molecular complexity index is 1370. The van der Waals surface area contributed by atoms with Crippen LogP contribution in [0.4, 0.5) is 5.00 Å². The number of carbonyl (C=O) groups excluding carboxylic acids is 3. The highest BCUT2D eigenvalue weighted by atomic mass is 32.1. The summed E-state index contributed by atoms with van der Waals surface area (Å²) in [6.45, 7) is 2.23. The summed E-state index contributed by atoms with van der Waals surface area (Å²) < 4.78 is 10.8. The van der Waals surface area contributed by atoms with E-state index in [0.29, 0.717) is 34.0 Å². The summed E-state index contributed by atoms with van der Waals surface area (Å²) in [6, 6.07) is 26.0. The zero-order valence-corrected chi connectivity index (χ0v) is 21.8. The summed E-state index contributed by atoms with van der Waals surface area (Å²) in [4.78, 5) is 37.7. The minimum atomic E-state index is -0.499. The molecule has 7 nitrogen and oxygen atoms in total. The lowest BCUT2D eigenvalue weighted by atomic mass is 10.0. The minimum absolute atomic E-state index is 0.177. The largest absolute Gasteiger partial charge is 0.484 e. The molecule has 0 fully saturated rings. The van der Waals surface area contributed by atoms with Gasteiger partial charge in [-0.15, -0.1) is 11.3 Å². The molecule has 0 aliphatic carbocycles. The van der Waals surface area contributed by atoms with E-state index < -0.39 is 11.9 Å². The molecule has 0 spiro atoms. The highest BCUT2D eigenvalue weighted by Gasteiger charge is 2.23. The second kappa shape index (κ2) is 13.2. The minimum Gasteiger partial charge on any atom is -0.484 e. The van der Waals surface area contributed by atoms with Crippen LogP contribution in [0.1, 0.15) is 33.2 Å². The first-order valence-corrected chi connectivity index (χ1v) is 13.1. The van der Waals surface area contributed by atoms with E-state index >= 15 is 0 Å². The van der Waals surface area contributed by atoms with Crippen molar-refractivity contribution in [3.63, 3.8) is 0 Å². The van der Waals surface area contributed by atoms with E-state index in [0.717, 1.165) is 17.5 Å². The number of hydrogen-bond donors (Lipinski definition) is 2. The van der Waals surface area contributed by atoms with Crippen LogP contribution >= 0.6 is 11.3 Å². The van der Waals surface area contributed by atoms with Crippen molar-refractivity contribution in [2.75, 3.05) is 25.1 Å². The van der Waals surface area contributed by atoms with Crippen LogP contribution in [0.25, 0.3) is 11.1 Å². The summed E-state index contributed by atoms with van der Waals surface area (Å²) in [7, 11) is 0. The van der Waals surface area contributed by atoms with Crippen molar-refractivity contribution in [3.05, 3.63) is 107 Å². The van der Waals surface area contributed by atoms with Gasteiger partial charge >= 0.3 is 5.97 Å². The van der Waals surface area contributed by atoms with E-state index in [1.165, 1.54) is 11.3 Å². The SMILES string of the molecule is CCOC(=O)c1c(-c2ccccc2)csc1NC(=O)COc1ccc(C(=O)NCCc2ccccc2)cc1. The fourth-order valence-electron chi connectivity index (χ4n) is 3.77.